The quantitative estimate of drug-likeness (QED) is 0.166. The maximum Gasteiger partial charge on any atom is 0.293 e. The van der Waals surface area contributed by atoms with E-state index in [4.69, 9.17) is 11.6 Å². The number of nitro benzene ring substituents is 1. The molecule has 0 atom stereocenters. The van der Waals surface area contributed by atoms with Crippen molar-refractivity contribution in [3.05, 3.63) is 97.2 Å². The summed E-state index contributed by atoms with van der Waals surface area (Å²) in [6.45, 7) is 0.0446. The van der Waals surface area contributed by atoms with Crippen LogP contribution in [0.4, 0.5) is 10.5 Å². The summed E-state index contributed by atoms with van der Waals surface area (Å²) in [4.78, 5) is 55.5. The number of hydrogen-bond donors (Lipinski definition) is 1. The van der Waals surface area contributed by atoms with E-state index < -0.39 is 16.1 Å². The van der Waals surface area contributed by atoms with Crippen molar-refractivity contribution in [3.8, 4) is 10.6 Å². The molecule has 5 rings (SSSR count). The number of non-ortho nitro benzene ring substituents is 1. The molecule has 0 radical (unpaired) electrons. The summed E-state index contributed by atoms with van der Waals surface area (Å²) in [5.41, 5.74) is 2.18. The number of rotatable bonds is 7. The Hall–Kier alpha value is -4.06. The molecular weight excluding hydrogens is 548 g/mol. The third-order valence-corrected chi connectivity index (χ3v) is 7.84. The summed E-state index contributed by atoms with van der Waals surface area (Å²) in [5, 5.41) is 13.8. The fourth-order valence-corrected chi connectivity index (χ4v) is 5.72. The average Bonchev–Trinajstić information content (AvgIpc) is 3.46. The summed E-state index contributed by atoms with van der Waals surface area (Å²) < 4.78 is 0.612. The molecule has 0 spiro atoms. The lowest BCUT2D eigenvalue weighted by Crippen LogP contribution is -2.37. The highest BCUT2D eigenvalue weighted by Gasteiger charge is 2.34. The fraction of sp³-hybridized carbons (Fsp3) is 0.0769. The highest BCUT2D eigenvalue weighted by Crippen LogP contribution is 2.33. The number of nitrogens with one attached hydrogen (secondary N) is 1. The van der Waals surface area contributed by atoms with Gasteiger partial charge in [0.15, 0.2) is 0 Å². The van der Waals surface area contributed by atoms with Crippen LogP contribution in [0.2, 0.25) is 4.34 Å². The summed E-state index contributed by atoms with van der Waals surface area (Å²) >= 11 is 8.22. The van der Waals surface area contributed by atoms with Crippen LogP contribution >= 0.6 is 34.7 Å². The average molecular weight is 565 g/mol. The van der Waals surface area contributed by atoms with Crippen LogP contribution in [0.1, 0.15) is 15.9 Å². The van der Waals surface area contributed by atoms with Crippen molar-refractivity contribution < 1.29 is 19.3 Å². The van der Waals surface area contributed by atoms with E-state index in [0.29, 0.717) is 32.1 Å². The molecule has 0 saturated carbocycles. The second-order valence-corrected chi connectivity index (χ2v) is 10.8. The highest BCUT2D eigenvalue weighted by atomic mass is 35.5. The molecule has 38 heavy (non-hydrogen) atoms. The molecule has 4 aromatic rings. The number of nitrogens with zero attached hydrogens (tertiary/aromatic N) is 3. The van der Waals surface area contributed by atoms with Crippen LogP contribution in [-0.2, 0) is 4.79 Å². The van der Waals surface area contributed by atoms with Gasteiger partial charge in [0, 0.05) is 30.6 Å². The Kier molecular flexibility index (Phi) is 7.23. The lowest BCUT2D eigenvalue weighted by molar-refractivity contribution is -0.384. The molecule has 2 aromatic carbocycles. The van der Waals surface area contributed by atoms with E-state index in [1.54, 1.807) is 12.1 Å². The van der Waals surface area contributed by atoms with Crippen molar-refractivity contribution in [2.45, 2.75) is 0 Å². The van der Waals surface area contributed by atoms with E-state index in [0.717, 1.165) is 21.5 Å². The van der Waals surface area contributed by atoms with Gasteiger partial charge in [-0.15, -0.1) is 11.3 Å². The van der Waals surface area contributed by atoms with Crippen molar-refractivity contribution >= 4 is 74.4 Å². The third kappa shape index (κ3) is 5.30. The number of carbonyl (C=O) groups excluding carboxylic acids is 3. The predicted molar refractivity (Wildman–Crippen MR) is 148 cm³/mol. The maximum atomic E-state index is 13.2. The number of halogens is 1. The summed E-state index contributed by atoms with van der Waals surface area (Å²) in [7, 11) is 0. The Morgan fingerprint density at radius 2 is 1.87 bits per heavy atom. The van der Waals surface area contributed by atoms with Crippen LogP contribution in [-0.4, -0.2) is 45.0 Å². The summed E-state index contributed by atoms with van der Waals surface area (Å²) in [6.07, 6.45) is 1.51. The number of benzene rings is 2. The third-order valence-electron chi connectivity index (χ3n) is 5.68. The topological polar surface area (TPSA) is 123 Å². The van der Waals surface area contributed by atoms with Crippen LogP contribution in [0, 0.1) is 10.1 Å². The number of thioether (sulfide) groups is 1. The Morgan fingerprint density at radius 1 is 1.11 bits per heavy atom. The number of imide groups is 1. The van der Waals surface area contributed by atoms with Gasteiger partial charge in [-0.2, -0.15) is 0 Å². The molecule has 0 aliphatic carbocycles. The van der Waals surface area contributed by atoms with Crippen LogP contribution in [0.5, 0.6) is 0 Å². The molecular formula is C26H17ClN4O5S2. The number of fused-ring (bicyclic) bond motifs is 1. The minimum atomic E-state index is -0.515. The van der Waals surface area contributed by atoms with Crippen LogP contribution < -0.4 is 5.32 Å². The molecule has 12 heteroatoms. The van der Waals surface area contributed by atoms with Gasteiger partial charge in [0.1, 0.15) is 0 Å². The van der Waals surface area contributed by atoms with Gasteiger partial charge in [-0.25, -0.2) is 4.98 Å². The summed E-state index contributed by atoms with van der Waals surface area (Å²) in [5.74, 6) is -0.847. The lowest BCUT2D eigenvalue weighted by atomic mass is 10.1. The number of aromatic nitrogens is 1. The minimum Gasteiger partial charge on any atom is -0.350 e. The van der Waals surface area contributed by atoms with Crippen molar-refractivity contribution in [1.29, 1.82) is 0 Å². The molecule has 1 saturated heterocycles. The zero-order valence-electron chi connectivity index (χ0n) is 19.4. The second kappa shape index (κ2) is 10.7. The standard InChI is InChI=1S/C26H17ClN4O5S2/c27-23-10-9-21(37-23)20-14-18(17-3-1-2-4-19(17)29-20)24(32)28-11-12-30-25(33)22(38-26(30)34)13-15-5-7-16(8-6-15)31(35)36/h1-10,13-14H,11-12H2,(H,28,32). The molecule has 1 N–H and O–H groups in total. The first kappa shape index (κ1) is 25.6. The number of carbonyl (C=O) groups is 3. The monoisotopic (exact) mass is 564 g/mol. The predicted octanol–water partition coefficient (Wildman–Crippen LogP) is 5.99. The minimum absolute atomic E-state index is 0.00951. The number of para-hydroxylation sites is 1. The zero-order valence-corrected chi connectivity index (χ0v) is 21.8. The fourth-order valence-electron chi connectivity index (χ4n) is 3.85. The maximum absolute atomic E-state index is 13.2. The molecule has 2 aromatic heterocycles. The first-order chi connectivity index (χ1) is 18.3. The van der Waals surface area contributed by atoms with Gasteiger partial charge >= 0.3 is 0 Å². The largest absolute Gasteiger partial charge is 0.350 e. The lowest BCUT2D eigenvalue weighted by Gasteiger charge is -2.14. The van der Waals surface area contributed by atoms with Gasteiger partial charge < -0.3 is 5.32 Å². The highest BCUT2D eigenvalue weighted by molar-refractivity contribution is 8.18. The molecule has 1 fully saturated rings. The van der Waals surface area contributed by atoms with Crippen molar-refractivity contribution in [2.75, 3.05) is 13.1 Å². The smallest absolute Gasteiger partial charge is 0.293 e. The number of thiophene rings is 1. The van der Waals surface area contributed by atoms with Gasteiger partial charge in [-0.3, -0.25) is 29.4 Å². The molecule has 3 heterocycles. The van der Waals surface area contributed by atoms with Gasteiger partial charge in [0.05, 0.1) is 35.8 Å². The van der Waals surface area contributed by atoms with E-state index in [1.165, 1.54) is 41.7 Å². The van der Waals surface area contributed by atoms with Crippen molar-refractivity contribution in [2.24, 2.45) is 0 Å². The Labute approximate surface area is 229 Å². The number of amides is 3. The van der Waals surface area contributed by atoms with Crippen LogP contribution in [0.15, 0.2) is 71.6 Å². The molecule has 190 valence electrons. The number of hydrogen-bond acceptors (Lipinski definition) is 8. The van der Waals surface area contributed by atoms with Crippen LogP contribution in [0.3, 0.4) is 0 Å². The van der Waals surface area contributed by atoms with Gasteiger partial charge in [-0.1, -0.05) is 29.8 Å². The van der Waals surface area contributed by atoms with Gasteiger partial charge in [0.25, 0.3) is 22.7 Å². The Bertz CT molecular complexity index is 1630. The molecule has 1 aliphatic heterocycles. The van der Waals surface area contributed by atoms with E-state index in [-0.39, 0.29) is 29.6 Å². The normalized spacial score (nSPS) is 14.4. The molecule has 0 bridgehead atoms. The first-order valence-corrected chi connectivity index (χ1v) is 13.2. The van der Waals surface area contributed by atoms with E-state index >= 15 is 0 Å². The van der Waals surface area contributed by atoms with Crippen molar-refractivity contribution in [1.82, 2.24) is 15.2 Å². The van der Waals surface area contributed by atoms with Crippen LogP contribution in [0.25, 0.3) is 27.6 Å². The second-order valence-electron chi connectivity index (χ2n) is 8.11. The SMILES string of the molecule is O=C(NCCN1C(=O)SC(=Cc2ccc([N+](=O)[O-])cc2)C1=O)c1cc(-c2ccc(Cl)s2)nc2ccccc12. The van der Waals surface area contributed by atoms with E-state index in [1.807, 2.05) is 30.3 Å². The first-order valence-electron chi connectivity index (χ1n) is 11.2. The molecule has 0 unspecified atom stereocenters. The molecule has 9 nitrogen and oxygen atoms in total. The Balaban J connectivity index is 1.28. The van der Waals surface area contributed by atoms with Gasteiger partial charge in [0.2, 0.25) is 0 Å². The number of pyridine rings is 1. The van der Waals surface area contributed by atoms with Crippen molar-refractivity contribution in [3.63, 3.8) is 0 Å². The molecule has 1 aliphatic rings. The van der Waals surface area contributed by atoms with Gasteiger partial charge in [-0.05, 0) is 59.8 Å². The van der Waals surface area contributed by atoms with E-state index in [9.17, 15) is 24.5 Å². The summed E-state index contributed by atoms with van der Waals surface area (Å²) in [6, 6.07) is 18.3. The van der Waals surface area contributed by atoms with E-state index in [2.05, 4.69) is 10.3 Å². The zero-order chi connectivity index (χ0) is 26.8. The Morgan fingerprint density at radius 3 is 2.58 bits per heavy atom. The molecule has 3 amide bonds. The number of nitro groups is 1.